The van der Waals surface area contributed by atoms with E-state index in [4.69, 9.17) is 15.3 Å². The van der Waals surface area contributed by atoms with Crippen LogP contribution in [0.25, 0.3) is 10.8 Å². The molecule has 108 valence electrons. The number of nitrogens with zero attached hydrogens (tertiary/aromatic N) is 1. The van der Waals surface area contributed by atoms with Gasteiger partial charge < -0.3 is 15.3 Å². The van der Waals surface area contributed by atoms with Gasteiger partial charge in [-0.15, -0.1) is 23.1 Å². The van der Waals surface area contributed by atoms with E-state index in [1.165, 1.54) is 23.1 Å². The van der Waals surface area contributed by atoms with Crippen LogP contribution in [0.2, 0.25) is 0 Å². The number of carboxylic acids is 1. The van der Waals surface area contributed by atoms with Crippen LogP contribution in [-0.4, -0.2) is 26.8 Å². The van der Waals surface area contributed by atoms with Crippen LogP contribution in [0.1, 0.15) is 19.5 Å². The molecule has 3 N–H and O–H groups in total. The van der Waals surface area contributed by atoms with Crippen LogP contribution in [0.5, 0.6) is 0 Å². The summed E-state index contributed by atoms with van der Waals surface area (Å²) >= 11 is 2.99. The van der Waals surface area contributed by atoms with Crippen LogP contribution >= 0.6 is 23.1 Å². The zero-order valence-electron chi connectivity index (χ0n) is 11.2. The largest absolute Gasteiger partial charge is 0.480 e. The van der Waals surface area contributed by atoms with Crippen molar-refractivity contribution in [3.63, 3.8) is 0 Å². The van der Waals surface area contributed by atoms with E-state index in [0.29, 0.717) is 5.75 Å². The lowest BCUT2D eigenvalue weighted by Gasteiger charge is -2.27. The maximum atomic E-state index is 11.0. The maximum Gasteiger partial charge on any atom is 0.321 e. The lowest BCUT2D eigenvalue weighted by molar-refractivity contribution is -0.139. The molecule has 20 heavy (non-hydrogen) atoms. The first-order valence-corrected chi connectivity index (χ1v) is 7.87. The van der Waals surface area contributed by atoms with E-state index in [2.05, 4.69) is 4.98 Å². The molecule has 2 aromatic heterocycles. The molecular formula is C13H16N2O3S2. The Morgan fingerprint density at radius 3 is 3.00 bits per heavy atom. The summed E-state index contributed by atoms with van der Waals surface area (Å²) in [4.78, 5) is 15.4. The van der Waals surface area contributed by atoms with E-state index in [0.717, 1.165) is 16.5 Å². The van der Waals surface area contributed by atoms with Crippen LogP contribution in [0, 0.1) is 0 Å². The first kappa shape index (κ1) is 15.1. The third kappa shape index (κ3) is 3.41. The predicted octanol–water partition coefficient (Wildman–Crippen LogP) is 2.83. The minimum atomic E-state index is -0.989. The highest BCUT2D eigenvalue weighted by Crippen LogP contribution is 2.32. The van der Waals surface area contributed by atoms with E-state index < -0.39 is 16.8 Å². The molecule has 0 aliphatic heterocycles. The monoisotopic (exact) mass is 312 g/mol. The molecule has 0 spiro atoms. The molecule has 0 saturated carbocycles. The van der Waals surface area contributed by atoms with Crippen LogP contribution in [0.4, 0.5) is 0 Å². The summed E-state index contributed by atoms with van der Waals surface area (Å²) in [6, 6.07) is 2.77. The van der Waals surface area contributed by atoms with Crippen LogP contribution in [0.15, 0.2) is 28.2 Å². The van der Waals surface area contributed by atoms with Crippen LogP contribution < -0.4 is 5.73 Å². The van der Waals surface area contributed by atoms with Crippen LogP contribution in [-0.2, 0) is 10.5 Å². The molecule has 2 rings (SSSR count). The van der Waals surface area contributed by atoms with E-state index in [1.54, 1.807) is 6.26 Å². The number of aromatic nitrogens is 1. The SMILES string of the molecule is CC(C)(SCc1csc(-c2ccco2)n1)[C@@H](N)C(=O)O. The highest BCUT2D eigenvalue weighted by atomic mass is 32.2. The fraction of sp³-hybridized carbons (Fsp3) is 0.385. The highest BCUT2D eigenvalue weighted by Gasteiger charge is 2.32. The van der Waals surface area contributed by atoms with Gasteiger partial charge in [0.1, 0.15) is 6.04 Å². The molecule has 0 unspecified atom stereocenters. The summed E-state index contributed by atoms with van der Waals surface area (Å²) in [5, 5.41) is 11.8. The van der Waals surface area contributed by atoms with Gasteiger partial charge in [-0.2, -0.15) is 0 Å². The maximum absolute atomic E-state index is 11.0. The topological polar surface area (TPSA) is 89.4 Å². The summed E-state index contributed by atoms with van der Waals surface area (Å²) in [5.74, 6) is 0.371. The van der Waals surface area contributed by atoms with Crippen molar-refractivity contribution in [3.05, 3.63) is 29.5 Å². The summed E-state index contributed by atoms with van der Waals surface area (Å²) in [6.45, 7) is 3.66. The van der Waals surface area contributed by atoms with E-state index in [9.17, 15) is 4.79 Å². The number of carboxylic acid groups (broad SMARTS) is 1. The molecule has 0 aromatic carbocycles. The lowest BCUT2D eigenvalue weighted by Crippen LogP contribution is -2.46. The van der Waals surface area contributed by atoms with Gasteiger partial charge in [0.25, 0.3) is 0 Å². The Labute approximate surface area is 125 Å². The molecule has 1 atom stereocenters. The predicted molar refractivity (Wildman–Crippen MR) is 80.8 cm³/mol. The Morgan fingerprint density at radius 2 is 2.40 bits per heavy atom. The highest BCUT2D eigenvalue weighted by molar-refractivity contribution is 7.99. The lowest BCUT2D eigenvalue weighted by atomic mass is 10.1. The summed E-state index contributed by atoms with van der Waals surface area (Å²) in [7, 11) is 0. The Kier molecular flexibility index (Phi) is 4.52. The zero-order chi connectivity index (χ0) is 14.8. The van der Waals surface area contributed by atoms with Gasteiger partial charge in [0.2, 0.25) is 0 Å². The first-order valence-electron chi connectivity index (χ1n) is 6.01. The molecule has 0 amide bonds. The first-order chi connectivity index (χ1) is 9.40. The number of nitrogens with two attached hydrogens (primary N) is 1. The molecule has 0 radical (unpaired) electrons. The number of carbonyl (C=O) groups is 1. The summed E-state index contributed by atoms with van der Waals surface area (Å²) < 4.78 is 4.74. The summed E-state index contributed by atoms with van der Waals surface area (Å²) in [6.07, 6.45) is 1.61. The average molecular weight is 312 g/mol. The minimum Gasteiger partial charge on any atom is -0.480 e. The summed E-state index contributed by atoms with van der Waals surface area (Å²) in [5.41, 5.74) is 6.59. The molecular weight excluding hydrogens is 296 g/mol. The quantitative estimate of drug-likeness (QED) is 0.852. The fourth-order valence-electron chi connectivity index (χ4n) is 1.53. The van der Waals surface area contributed by atoms with Gasteiger partial charge in [0.05, 0.1) is 12.0 Å². The van der Waals surface area contributed by atoms with E-state index in [1.807, 2.05) is 31.4 Å². The second-order valence-corrected chi connectivity index (χ2v) is 7.32. The van der Waals surface area contributed by atoms with Crippen molar-refractivity contribution in [2.75, 3.05) is 0 Å². The second kappa shape index (κ2) is 5.99. The van der Waals surface area contributed by atoms with Crippen molar-refractivity contribution in [1.29, 1.82) is 0 Å². The molecule has 2 aromatic rings. The number of thioether (sulfide) groups is 1. The Balaban J connectivity index is 2.00. The Bertz CT molecular complexity index is 578. The molecule has 2 heterocycles. The van der Waals surface area contributed by atoms with Crippen LogP contribution in [0.3, 0.4) is 0 Å². The molecule has 7 heteroatoms. The third-order valence-corrected chi connectivity index (χ3v) is 5.23. The van der Waals surface area contributed by atoms with E-state index >= 15 is 0 Å². The van der Waals surface area contributed by atoms with Crippen molar-refractivity contribution in [3.8, 4) is 10.8 Å². The van der Waals surface area contributed by atoms with Gasteiger partial charge >= 0.3 is 5.97 Å². The number of aliphatic carboxylic acids is 1. The Hall–Kier alpha value is -1.31. The van der Waals surface area contributed by atoms with Gasteiger partial charge in [0.15, 0.2) is 10.8 Å². The van der Waals surface area contributed by atoms with Crippen molar-refractivity contribution in [1.82, 2.24) is 4.98 Å². The minimum absolute atomic E-state index is 0.555. The molecule has 0 aliphatic carbocycles. The van der Waals surface area contributed by atoms with Crippen molar-refractivity contribution >= 4 is 29.1 Å². The number of hydrogen-bond donors (Lipinski definition) is 2. The molecule has 0 aliphatic rings. The standard InChI is InChI=1S/C13H16N2O3S2/c1-13(2,10(14)12(16)17)20-7-8-6-19-11(15-8)9-4-3-5-18-9/h3-6,10H,7,14H2,1-2H3,(H,16,17)/t10-/m0/s1. The average Bonchev–Trinajstić information content (AvgIpc) is 3.05. The third-order valence-electron chi connectivity index (χ3n) is 2.89. The van der Waals surface area contributed by atoms with Crippen molar-refractivity contribution < 1.29 is 14.3 Å². The van der Waals surface area contributed by atoms with Crippen molar-refractivity contribution in [2.24, 2.45) is 5.73 Å². The number of rotatable bonds is 6. The second-order valence-electron chi connectivity index (χ2n) is 4.83. The molecule has 0 saturated heterocycles. The van der Waals surface area contributed by atoms with Crippen molar-refractivity contribution in [2.45, 2.75) is 30.4 Å². The van der Waals surface area contributed by atoms with E-state index in [-0.39, 0.29) is 0 Å². The molecule has 0 fully saturated rings. The van der Waals surface area contributed by atoms with Gasteiger partial charge in [-0.05, 0) is 26.0 Å². The van der Waals surface area contributed by atoms with Gasteiger partial charge in [-0.25, -0.2) is 4.98 Å². The fourth-order valence-corrected chi connectivity index (χ4v) is 3.37. The van der Waals surface area contributed by atoms with Gasteiger partial charge in [0, 0.05) is 15.9 Å². The molecule has 0 bridgehead atoms. The number of hydrogen-bond acceptors (Lipinski definition) is 6. The normalized spacial score (nSPS) is 13.3. The Morgan fingerprint density at radius 1 is 1.65 bits per heavy atom. The smallest absolute Gasteiger partial charge is 0.321 e. The zero-order valence-corrected chi connectivity index (χ0v) is 12.8. The van der Waals surface area contributed by atoms with Gasteiger partial charge in [-0.1, -0.05) is 0 Å². The van der Waals surface area contributed by atoms with Gasteiger partial charge in [-0.3, -0.25) is 4.79 Å². The number of furan rings is 1. The number of thiazole rings is 1. The molecule has 5 nitrogen and oxygen atoms in total.